The summed E-state index contributed by atoms with van der Waals surface area (Å²) in [7, 11) is -3.58. The van der Waals surface area contributed by atoms with Gasteiger partial charge in [-0.3, -0.25) is 13.9 Å². The zero-order valence-corrected chi connectivity index (χ0v) is 27.5. The average molecular weight is 638 g/mol. The summed E-state index contributed by atoms with van der Waals surface area (Å²) in [5.74, 6) is -0.396. The van der Waals surface area contributed by atoms with Gasteiger partial charge in [-0.25, -0.2) is 8.42 Å². The van der Waals surface area contributed by atoms with Gasteiger partial charge in [0.2, 0.25) is 21.8 Å². The molecular formula is C35H44ClN3O4S. The van der Waals surface area contributed by atoms with Crippen LogP contribution in [0.2, 0.25) is 5.02 Å². The van der Waals surface area contributed by atoms with E-state index in [9.17, 15) is 18.0 Å². The summed E-state index contributed by atoms with van der Waals surface area (Å²) in [6.07, 6.45) is 7.09. The maximum absolute atomic E-state index is 14.1. The van der Waals surface area contributed by atoms with Crippen molar-refractivity contribution in [1.82, 2.24) is 10.2 Å². The number of sulfonamides is 1. The Morgan fingerprint density at radius 2 is 1.57 bits per heavy atom. The number of hydrogen-bond donors (Lipinski definition) is 1. The maximum Gasteiger partial charge on any atom is 0.243 e. The number of hydrogen-bond acceptors (Lipinski definition) is 4. The molecule has 0 heterocycles. The van der Waals surface area contributed by atoms with E-state index in [1.165, 1.54) is 17.0 Å². The van der Waals surface area contributed by atoms with Crippen LogP contribution in [-0.2, 0) is 32.6 Å². The number of anilines is 1. The number of halogens is 1. The van der Waals surface area contributed by atoms with Gasteiger partial charge >= 0.3 is 0 Å². The molecule has 0 spiro atoms. The Morgan fingerprint density at radius 3 is 2.20 bits per heavy atom. The minimum atomic E-state index is -3.58. The van der Waals surface area contributed by atoms with E-state index in [4.69, 9.17) is 11.6 Å². The first-order valence-electron chi connectivity index (χ1n) is 15.4. The predicted octanol–water partition coefficient (Wildman–Crippen LogP) is 6.59. The van der Waals surface area contributed by atoms with Gasteiger partial charge in [0.25, 0.3) is 0 Å². The third-order valence-electron chi connectivity index (χ3n) is 8.17. The summed E-state index contributed by atoms with van der Waals surface area (Å²) in [5, 5.41) is 3.77. The monoisotopic (exact) mass is 637 g/mol. The normalized spacial score (nSPS) is 14.5. The highest BCUT2D eigenvalue weighted by Crippen LogP contribution is 2.25. The fraction of sp³-hybridized carbons (Fsp3) is 0.429. The van der Waals surface area contributed by atoms with Crippen LogP contribution in [-0.4, -0.2) is 50.0 Å². The molecule has 7 nitrogen and oxygen atoms in total. The third-order valence-corrected chi connectivity index (χ3v) is 9.73. The minimum Gasteiger partial charge on any atom is -0.352 e. The molecule has 0 aliphatic heterocycles. The van der Waals surface area contributed by atoms with Crippen LogP contribution in [0.1, 0.15) is 67.2 Å². The molecule has 0 radical (unpaired) electrons. The Kier molecular flexibility index (Phi) is 11.9. The van der Waals surface area contributed by atoms with Gasteiger partial charge in [0.15, 0.2) is 0 Å². The largest absolute Gasteiger partial charge is 0.352 e. The second kappa shape index (κ2) is 15.6. The molecule has 3 aromatic carbocycles. The first-order chi connectivity index (χ1) is 21.0. The van der Waals surface area contributed by atoms with Gasteiger partial charge in [-0.05, 0) is 73.6 Å². The topological polar surface area (TPSA) is 86.8 Å². The summed E-state index contributed by atoms with van der Waals surface area (Å²) in [4.78, 5) is 29.7. The molecular weight excluding hydrogens is 594 g/mol. The molecule has 1 aliphatic carbocycles. The molecule has 0 unspecified atom stereocenters. The highest BCUT2D eigenvalue weighted by atomic mass is 35.5. The first-order valence-corrected chi connectivity index (χ1v) is 17.7. The van der Waals surface area contributed by atoms with Crippen molar-refractivity contribution in [2.45, 2.75) is 83.8 Å². The first kappa shape index (κ1) is 33.5. The van der Waals surface area contributed by atoms with E-state index in [-0.39, 0.29) is 37.4 Å². The van der Waals surface area contributed by atoms with E-state index in [1.807, 2.05) is 80.6 Å². The minimum absolute atomic E-state index is 0.0727. The summed E-state index contributed by atoms with van der Waals surface area (Å²) in [5.41, 5.74) is 4.20. The summed E-state index contributed by atoms with van der Waals surface area (Å²) in [6, 6.07) is 22.1. The lowest BCUT2D eigenvalue weighted by molar-refractivity contribution is -0.141. The SMILES string of the molecule is Cc1cc(C)cc(N(CCCC(=O)N(Cc2ccccc2Cl)[C@H](Cc2ccccc2)C(=O)NC2CCCCC2)S(C)(=O)=O)c1. The summed E-state index contributed by atoms with van der Waals surface area (Å²) in [6.45, 7) is 4.17. The molecule has 44 heavy (non-hydrogen) atoms. The quantitative estimate of drug-likeness (QED) is 0.229. The van der Waals surface area contributed by atoms with Gasteiger partial charge in [0.1, 0.15) is 6.04 Å². The number of benzene rings is 3. The number of nitrogens with zero attached hydrogens (tertiary/aromatic N) is 2. The predicted molar refractivity (Wildman–Crippen MR) is 178 cm³/mol. The van der Waals surface area contributed by atoms with Gasteiger partial charge in [-0.1, -0.05) is 85.5 Å². The Hall–Kier alpha value is -3.36. The van der Waals surface area contributed by atoms with Crippen LogP contribution in [0.3, 0.4) is 0 Å². The number of rotatable bonds is 13. The fourth-order valence-electron chi connectivity index (χ4n) is 6.01. The maximum atomic E-state index is 14.1. The Bertz CT molecular complexity index is 1500. The fourth-order valence-corrected chi connectivity index (χ4v) is 7.15. The lowest BCUT2D eigenvalue weighted by Crippen LogP contribution is -2.53. The van der Waals surface area contributed by atoms with Crippen LogP contribution in [0, 0.1) is 13.8 Å². The van der Waals surface area contributed by atoms with Crippen molar-refractivity contribution in [3.05, 3.63) is 100 Å². The van der Waals surface area contributed by atoms with Crippen molar-refractivity contribution >= 4 is 39.1 Å². The van der Waals surface area contributed by atoms with Crippen LogP contribution in [0.4, 0.5) is 5.69 Å². The van der Waals surface area contributed by atoms with Crippen LogP contribution in [0.15, 0.2) is 72.8 Å². The second-order valence-corrected chi connectivity index (χ2v) is 14.3. The summed E-state index contributed by atoms with van der Waals surface area (Å²) < 4.78 is 26.9. The molecule has 1 fully saturated rings. The Labute approximate surface area is 267 Å². The molecule has 0 aromatic heterocycles. The smallest absolute Gasteiger partial charge is 0.243 e. The van der Waals surface area contributed by atoms with Crippen LogP contribution >= 0.6 is 11.6 Å². The van der Waals surface area contributed by atoms with Crippen molar-refractivity contribution in [3.63, 3.8) is 0 Å². The number of aryl methyl sites for hydroxylation is 2. The van der Waals surface area contributed by atoms with Crippen molar-refractivity contribution in [2.75, 3.05) is 17.1 Å². The molecule has 1 saturated carbocycles. The molecule has 4 rings (SSSR count). The van der Waals surface area contributed by atoms with Gasteiger partial charge in [-0.2, -0.15) is 0 Å². The zero-order chi connectivity index (χ0) is 31.7. The Balaban J connectivity index is 1.60. The third kappa shape index (κ3) is 9.57. The van der Waals surface area contributed by atoms with E-state index >= 15 is 0 Å². The highest BCUT2D eigenvalue weighted by Gasteiger charge is 2.32. The Morgan fingerprint density at radius 1 is 0.932 bits per heavy atom. The number of carbonyl (C=O) groups excluding carboxylic acids is 2. The molecule has 1 atom stereocenters. The van der Waals surface area contributed by atoms with Crippen LogP contribution < -0.4 is 9.62 Å². The molecule has 0 bridgehead atoms. The van der Waals surface area contributed by atoms with Gasteiger partial charge in [0, 0.05) is 37.0 Å². The van der Waals surface area contributed by atoms with Crippen molar-refractivity contribution in [1.29, 1.82) is 0 Å². The molecule has 1 N–H and O–H groups in total. The van der Waals surface area contributed by atoms with E-state index in [2.05, 4.69) is 5.32 Å². The lowest BCUT2D eigenvalue weighted by atomic mass is 9.94. The van der Waals surface area contributed by atoms with E-state index in [0.29, 0.717) is 23.6 Å². The summed E-state index contributed by atoms with van der Waals surface area (Å²) >= 11 is 6.55. The standard InChI is InChI=1S/C35H44ClN3O4S/c1-26-21-27(2)23-31(22-26)39(44(3,42)43)20-12-19-34(40)38(25-29-15-10-11-18-32(29)36)33(24-28-13-6-4-7-14-28)35(41)37-30-16-8-5-9-17-30/h4,6-7,10-11,13-15,18,21-23,30,33H,5,8-9,12,16-17,19-20,24-25H2,1-3H3,(H,37,41)/t33-/m1/s1. The lowest BCUT2D eigenvalue weighted by Gasteiger charge is -2.34. The van der Waals surface area contributed by atoms with Crippen molar-refractivity contribution in [2.24, 2.45) is 0 Å². The second-order valence-electron chi connectivity index (χ2n) is 11.9. The van der Waals surface area contributed by atoms with Crippen molar-refractivity contribution in [3.8, 4) is 0 Å². The molecule has 236 valence electrons. The van der Waals surface area contributed by atoms with Crippen LogP contribution in [0.5, 0.6) is 0 Å². The van der Waals surface area contributed by atoms with Gasteiger partial charge in [0.05, 0.1) is 11.9 Å². The highest BCUT2D eigenvalue weighted by molar-refractivity contribution is 7.92. The number of carbonyl (C=O) groups is 2. The van der Waals surface area contributed by atoms with E-state index in [0.717, 1.165) is 47.9 Å². The van der Waals surface area contributed by atoms with E-state index < -0.39 is 16.1 Å². The molecule has 9 heteroatoms. The number of amides is 2. The molecule has 3 aromatic rings. The van der Waals surface area contributed by atoms with Gasteiger partial charge in [-0.15, -0.1) is 0 Å². The molecule has 1 aliphatic rings. The van der Waals surface area contributed by atoms with E-state index in [1.54, 1.807) is 11.0 Å². The number of nitrogens with one attached hydrogen (secondary N) is 1. The van der Waals surface area contributed by atoms with Crippen LogP contribution in [0.25, 0.3) is 0 Å². The van der Waals surface area contributed by atoms with Crippen molar-refractivity contribution < 1.29 is 18.0 Å². The molecule has 2 amide bonds. The average Bonchev–Trinajstić information content (AvgIpc) is 2.97. The molecule has 0 saturated heterocycles. The van der Waals surface area contributed by atoms with Gasteiger partial charge < -0.3 is 10.2 Å². The zero-order valence-electron chi connectivity index (χ0n) is 26.0.